The van der Waals surface area contributed by atoms with Crippen LogP contribution in [0.25, 0.3) is 11.4 Å². The van der Waals surface area contributed by atoms with Gasteiger partial charge >= 0.3 is 0 Å². The first-order chi connectivity index (χ1) is 14.8. The van der Waals surface area contributed by atoms with E-state index in [4.69, 9.17) is 9.26 Å². The lowest BCUT2D eigenvalue weighted by Crippen LogP contribution is -2.37. The number of carbonyl (C=O) groups excluding carboxylic acids is 1. The summed E-state index contributed by atoms with van der Waals surface area (Å²) in [5, 5.41) is 14.9. The zero-order valence-corrected chi connectivity index (χ0v) is 17.6. The summed E-state index contributed by atoms with van der Waals surface area (Å²) >= 11 is 0. The molecule has 0 fully saturated rings. The van der Waals surface area contributed by atoms with Crippen molar-refractivity contribution in [1.82, 2.24) is 15.0 Å². The number of ether oxygens (including phenoxy) is 1. The fraction of sp³-hybridized carbons (Fsp3) is 0.318. The van der Waals surface area contributed by atoms with Gasteiger partial charge in [0.15, 0.2) is 6.61 Å². The van der Waals surface area contributed by atoms with Crippen LogP contribution in [0.1, 0.15) is 25.3 Å². The number of rotatable bonds is 9. The monoisotopic (exact) mass is 424 g/mol. The molecule has 31 heavy (non-hydrogen) atoms. The van der Waals surface area contributed by atoms with Gasteiger partial charge in [-0.05, 0) is 25.0 Å². The van der Waals surface area contributed by atoms with Crippen LogP contribution in [0.5, 0.6) is 5.75 Å². The van der Waals surface area contributed by atoms with Crippen LogP contribution in [-0.4, -0.2) is 39.0 Å². The maximum absolute atomic E-state index is 12.8. The van der Waals surface area contributed by atoms with Crippen molar-refractivity contribution in [3.8, 4) is 17.1 Å². The molecular formula is C22H24N4O5. The fourth-order valence-corrected chi connectivity index (χ4v) is 3.04. The second-order valence-electron chi connectivity index (χ2n) is 7.54. The molecule has 0 bridgehead atoms. The molecule has 2 aromatic carbocycles. The smallest absolute Gasteiger partial charge is 0.272 e. The molecule has 1 amide bonds. The first-order valence-corrected chi connectivity index (χ1v) is 9.87. The lowest BCUT2D eigenvalue weighted by atomic mass is 10.2. The third-order valence-corrected chi connectivity index (χ3v) is 4.49. The number of nitrogens with zero attached hydrogens (tertiary/aromatic N) is 4. The lowest BCUT2D eigenvalue weighted by Gasteiger charge is -2.23. The van der Waals surface area contributed by atoms with Gasteiger partial charge in [0.05, 0.1) is 4.92 Å². The van der Waals surface area contributed by atoms with Crippen LogP contribution in [0, 0.1) is 23.0 Å². The number of hydrogen-bond acceptors (Lipinski definition) is 7. The third-order valence-electron chi connectivity index (χ3n) is 4.49. The van der Waals surface area contributed by atoms with E-state index >= 15 is 0 Å². The minimum Gasteiger partial charge on any atom is -0.484 e. The summed E-state index contributed by atoms with van der Waals surface area (Å²) in [6.45, 7) is 6.08. The van der Waals surface area contributed by atoms with Crippen LogP contribution in [0.4, 0.5) is 5.69 Å². The number of aromatic nitrogens is 2. The van der Waals surface area contributed by atoms with E-state index in [0.717, 1.165) is 5.56 Å². The molecule has 0 atom stereocenters. The van der Waals surface area contributed by atoms with Crippen molar-refractivity contribution in [3.63, 3.8) is 0 Å². The zero-order valence-electron chi connectivity index (χ0n) is 17.6. The molecule has 0 aliphatic carbocycles. The molecule has 9 nitrogen and oxygen atoms in total. The predicted octanol–water partition coefficient (Wildman–Crippen LogP) is 4.02. The Morgan fingerprint density at radius 3 is 2.61 bits per heavy atom. The molecule has 1 heterocycles. The Morgan fingerprint density at radius 1 is 1.23 bits per heavy atom. The van der Waals surface area contributed by atoms with Crippen LogP contribution in [0.15, 0.2) is 53.1 Å². The number of aryl methyl sites for hydroxylation is 1. The van der Waals surface area contributed by atoms with Gasteiger partial charge in [0.1, 0.15) is 12.3 Å². The first-order valence-electron chi connectivity index (χ1n) is 9.87. The Bertz CT molecular complexity index is 1050. The van der Waals surface area contributed by atoms with Crippen molar-refractivity contribution >= 4 is 11.6 Å². The SMILES string of the molecule is Cc1cc(OCC(=O)N(Cc2nc(-c3ccccc3)no2)CC(C)C)ccc1[N+](=O)[O-]. The Hall–Kier alpha value is -3.75. The maximum Gasteiger partial charge on any atom is 0.272 e. The van der Waals surface area contributed by atoms with Gasteiger partial charge in [0.2, 0.25) is 11.7 Å². The first kappa shape index (κ1) is 21.9. The average Bonchev–Trinajstić information content (AvgIpc) is 3.20. The van der Waals surface area contributed by atoms with Gasteiger partial charge in [-0.3, -0.25) is 14.9 Å². The minimum atomic E-state index is -0.456. The summed E-state index contributed by atoms with van der Waals surface area (Å²) in [6.07, 6.45) is 0. The Morgan fingerprint density at radius 2 is 1.97 bits per heavy atom. The van der Waals surface area contributed by atoms with E-state index < -0.39 is 4.92 Å². The van der Waals surface area contributed by atoms with E-state index in [1.54, 1.807) is 17.9 Å². The van der Waals surface area contributed by atoms with E-state index in [-0.39, 0.29) is 30.7 Å². The van der Waals surface area contributed by atoms with E-state index in [9.17, 15) is 14.9 Å². The summed E-state index contributed by atoms with van der Waals surface area (Å²) in [6, 6.07) is 13.8. The fourth-order valence-electron chi connectivity index (χ4n) is 3.04. The molecule has 3 aromatic rings. The highest BCUT2D eigenvalue weighted by Gasteiger charge is 2.20. The normalized spacial score (nSPS) is 10.8. The van der Waals surface area contributed by atoms with Gasteiger partial charge in [-0.15, -0.1) is 0 Å². The standard InChI is InChI=1S/C22H24N4O5/c1-15(2)12-25(13-20-23-22(24-31-20)17-7-5-4-6-8-17)21(27)14-30-18-9-10-19(26(28)29)16(3)11-18/h4-11,15H,12-14H2,1-3H3. The molecule has 1 aromatic heterocycles. The average molecular weight is 424 g/mol. The van der Waals surface area contributed by atoms with Crippen LogP contribution >= 0.6 is 0 Å². The van der Waals surface area contributed by atoms with E-state index in [1.807, 2.05) is 44.2 Å². The number of amides is 1. The number of nitro groups is 1. The number of benzene rings is 2. The molecule has 0 aliphatic rings. The Balaban J connectivity index is 1.66. The van der Waals surface area contributed by atoms with Crippen molar-refractivity contribution in [2.45, 2.75) is 27.3 Å². The van der Waals surface area contributed by atoms with Crippen LogP contribution in [0.2, 0.25) is 0 Å². The molecule has 0 unspecified atom stereocenters. The molecule has 0 spiro atoms. The number of carbonyl (C=O) groups is 1. The summed E-state index contributed by atoms with van der Waals surface area (Å²) in [4.78, 5) is 29.3. The molecular weight excluding hydrogens is 400 g/mol. The number of hydrogen-bond donors (Lipinski definition) is 0. The van der Waals surface area contributed by atoms with Crippen LogP contribution < -0.4 is 4.74 Å². The predicted molar refractivity (Wildman–Crippen MR) is 113 cm³/mol. The van der Waals surface area contributed by atoms with Gasteiger partial charge < -0.3 is 14.2 Å². The van der Waals surface area contributed by atoms with Gasteiger partial charge in [-0.25, -0.2) is 0 Å². The van der Waals surface area contributed by atoms with Crippen molar-refractivity contribution in [2.75, 3.05) is 13.2 Å². The van der Waals surface area contributed by atoms with Gasteiger partial charge in [-0.1, -0.05) is 49.3 Å². The van der Waals surface area contributed by atoms with E-state index in [0.29, 0.717) is 29.6 Å². The molecule has 0 saturated carbocycles. The summed E-state index contributed by atoms with van der Waals surface area (Å²) in [5.41, 5.74) is 1.30. The van der Waals surface area contributed by atoms with Crippen molar-refractivity contribution in [2.24, 2.45) is 5.92 Å². The largest absolute Gasteiger partial charge is 0.484 e. The van der Waals surface area contributed by atoms with Crippen molar-refractivity contribution in [1.29, 1.82) is 0 Å². The van der Waals surface area contributed by atoms with Crippen molar-refractivity contribution in [3.05, 3.63) is 70.1 Å². The molecule has 3 rings (SSSR count). The molecule has 0 saturated heterocycles. The van der Waals surface area contributed by atoms with Crippen molar-refractivity contribution < 1.29 is 19.0 Å². The summed E-state index contributed by atoms with van der Waals surface area (Å²) in [5.74, 6) is 1.17. The highest BCUT2D eigenvalue weighted by Crippen LogP contribution is 2.23. The minimum absolute atomic E-state index is 0.00530. The molecule has 162 valence electrons. The second kappa shape index (κ2) is 9.84. The maximum atomic E-state index is 12.8. The Labute approximate surface area is 179 Å². The van der Waals surface area contributed by atoms with E-state index in [1.165, 1.54) is 12.1 Å². The number of nitro benzene ring substituents is 1. The lowest BCUT2D eigenvalue weighted by molar-refractivity contribution is -0.385. The topological polar surface area (TPSA) is 112 Å². The zero-order chi connectivity index (χ0) is 22.4. The highest BCUT2D eigenvalue weighted by atomic mass is 16.6. The van der Waals surface area contributed by atoms with Gasteiger partial charge in [-0.2, -0.15) is 4.98 Å². The molecule has 0 N–H and O–H groups in total. The summed E-state index contributed by atoms with van der Waals surface area (Å²) < 4.78 is 10.9. The molecule has 0 radical (unpaired) electrons. The second-order valence-corrected chi connectivity index (χ2v) is 7.54. The Kier molecular flexibility index (Phi) is 6.96. The summed E-state index contributed by atoms with van der Waals surface area (Å²) in [7, 11) is 0. The highest BCUT2D eigenvalue weighted by molar-refractivity contribution is 5.77. The van der Waals surface area contributed by atoms with Gasteiger partial charge in [0.25, 0.3) is 11.6 Å². The molecule has 0 aliphatic heterocycles. The van der Waals surface area contributed by atoms with Gasteiger partial charge in [0, 0.05) is 23.7 Å². The van der Waals surface area contributed by atoms with Crippen LogP contribution in [0.3, 0.4) is 0 Å². The molecule has 9 heteroatoms. The van der Waals surface area contributed by atoms with Crippen LogP contribution in [-0.2, 0) is 11.3 Å². The quantitative estimate of drug-likeness (QED) is 0.377. The third kappa shape index (κ3) is 5.88. The van der Waals surface area contributed by atoms with E-state index in [2.05, 4.69) is 10.1 Å².